The largest absolute Gasteiger partial charge is 0.480 e. The van der Waals surface area contributed by atoms with Crippen LogP contribution in [0.15, 0.2) is 0 Å². The Hall–Kier alpha value is -2.20. The van der Waals surface area contributed by atoms with Gasteiger partial charge in [-0.3, -0.25) is 29.0 Å². The zero-order chi connectivity index (χ0) is 17.2. The van der Waals surface area contributed by atoms with Gasteiger partial charge in [0.15, 0.2) is 0 Å². The smallest absolute Gasteiger partial charge is 0.317 e. The number of hydrogen-bond acceptors (Lipinski definition) is 6. The maximum Gasteiger partial charge on any atom is 0.317 e. The molecule has 0 radical (unpaired) electrons. The molecule has 0 atom stereocenters. The quantitative estimate of drug-likeness (QED) is 0.440. The Bertz CT molecular complexity index is 416. The van der Waals surface area contributed by atoms with E-state index in [1.165, 1.54) is 9.80 Å². The van der Waals surface area contributed by atoms with E-state index < -0.39 is 11.9 Å². The SMILES string of the molecule is O=C(O)CN1CCN(CC(=O)O)CC(=O)NCCCNC(=O)C1. The number of rotatable bonds is 4. The fourth-order valence-corrected chi connectivity index (χ4v) is 2.16. The van der Waals surface area contributed by atoms with Crippen LogP contribution in [-0.2, 0) is 19.2 Å². The number of amides is 2. The van der Waals surface area contributed by atoms with E-state index >= 15 is 0 Å². The van der Waals surface area contributed by atoms with Gasteiger partial charge >= 0.3 is 11.9 Å². The van der Waals surface area contributed by atoms with E-state index in [4.69, 9.17) is 10.2 Å². The summed E-state index contributed by atoms with van der Waals surface area (Å²) in [5, 5.41) is 23.1. The van der Waals surface area contributed by atoms with Crippen molar-refractivity contribution in [3.63, 3.8) is 0 Å². The molecule has 1 rings (SSSR count). The molecule has 2 amide bonds. The maximum absolute atomic E-state index is 11.8. The number of nitrogens with zero attached hydrogens (tertiary/aromatic N) is 2. The van der Waals surface area contributed by atoms with Crippen molar-refractivity contribution in [2.75, 3.05) is 52.4 Å². The molecule has 4 N–H and O–H groups in total. The highest BCUT2D eigenvalue weighted by molar-refractivity contribution is 5.80. The molecule has 1 aliphatic rings. The van der Waals surface area contributed by atoms with E-state index in [1.54, 1.807) is 0 Å². The van der Waals surface area contributed by atoms with Crippen molar-refractivity contribution in [2.45, 2.75) is 6.42 Å². The highest BCUT2D eigenvalue weighted by atomic mass is 16.4. The van der Waals surface area contributed by atoms with Crippen molar-refractivity contribution in [3.8, 4) is 0 Å². The van der Waals surface area contributed by atoms with Gasteiger partial charge in [-0.05, 0) is 6.42 Å². The molecular weight excluding hydrogens is 308 g/mol. The molecule has 0 bridgehead atoms. The molecule has 0 saturated carbocycles. The summed E-state index contributed by atoms with van der Waals surface area (Å²) in [6.45, 7) is 0.239. The van der Waals surface area contributed by atoms with Crippen LogP contribution >= 0.6 is 0 Å². The predicted molar refractivity (Wildman–Crippen MR) is 78.8 cm³/mol. The van der Waals surface area contributed by atoms with E-state index in [1.807, 2.05) is 0 Å². The van der Waals surface area contributed by atoms with Gasteiger partial charge in [0.1, 0.15) is 0 Å². The molecule has 0 aliphatic carbocycles. The van der Waals surface area contributed by atoms with Crippen LogP contribution in [0, 0.1) is 0 Å². The fraction of sp³-hybridized carbons (Fsp3) is 0.692. The number of carbonyl (C=O) groups excluding carboxylic acids is 2. The molecule has 1 heterocycles. The van der Waals surface area contributed by atoms with Gasteiger partial charge in [0, 0.05) is 26.2 Å². The van der Waals surface area contributed by atoms with E-state index in [-0.39, 0.29) is 51.1 Å². The topological polar surface area (TPSA) is 139 Å². The zero-order valence-corrected chi connectivity index (χ0v) is 12.8. The predicted octanol–water partition coefficient (Wildman–Crippen LogP) is -2.60. The van der Waals surface area contributed by atoms with Gasteiger partial charge in [0.2, 0.25) is 11.8 Å². The first-order valence-electron chi connectivity index (χ1n) is 7.28. The van der Waals surface area contributed by atoms with Crippen molar-refractivity contribution < 1.29 is 29.4 Å². The molecular formula is C13H22N4O6. The molecule has 1 aliphatic heterocycles. The van der Waals surface area contributed by atoms with Crippen LogP contribution in [0.25, 0.3) is 0 Å². The van der Waals surface area contributed by atoms with Crippen molar-refractivity contribution in [3.05, 3.63) is 0 Å². The summed E-state index contributed by atoms with van der Waals surface area (Å²) in [5.74, 6) is -2.77. The summed E-state index contributed by atoms with van der Waals surface area (Å²) < 4.78 is 0. The van der Waals surface area contributed by atoms with E-state index in [0.29, 0.717) is 19.5 Å². The molecule has 1 fully saturated rings. The molecule has 130 valence electrons. The summed E-state index contributed by atoms with van der Waals surface area (Å²) in [7, 11) is 0. The summed E-state index contributed by atoms with van der Waals surface area (Å²) in [6, 6.07) is 0. The Balaban J connectivity index is 2.75. The van der Waals surface area contributed by atoms with Gasteiger partial charge in [0.25, 0.3) is 0 Å². The lowest BCUT2D eigenvalue weighted by atomic mass is 10.3. The standard InChI is InChI=1S/C13H22N4O6/c18-10-6-16(8-12(20)21)4-5-17(9-13(22)23)7-11(19)15-3-1-2-14-10/h1-9H2,(H,14,18)(H,15,19)(H,20,21)(H,22,23). The lowest BCUT2D eigenvalue weighted by Gasteiger charge is -2.24. The summed E-state index contributed by atoms with van der Waals surface area (Å²) in [4.78, 5) is 48.1. The molecule has 1 saturated heterocycles. The molecule has 23 heavy (non-hydrogen) atoms. The molecule has 10 heteroatoms. The first-order chi connectivity index (χ1) is 10.9. The van der Waals surface area contributed by atoms with E-state index in [9.17, 15) is 19.2 Å². The lowest BCUT2D eigenvalue weighted by Crippen LogP contribution is -2.45. The van der Waals surface area contributed by atoms with E-state index in [0.717, 1.165) is 0 Å². The van der Waals surface area contributed by atoms with Crippen LogP contribution in [0.1, 0.15) is 6.42 Å². The van der Waals surface area contributed by atoms with Crippen molar-refractivity contribution in [1.82, 2.24) is 20.4 Å². The second kappa shape index (κ2) is 9.74. The lowest BCUT2D eigenvalue weighted by molar-refractivity contribution is -0.141. The maximum atomic E-state index is 11.8. The van der Waals surface area contributed by atoms with Crippen molar-refractivity contribution >= 4 is 23.8 Å². The Labute approximate surface area is 133 Å². The molecule has 0 aromatic heterocycles. The number of hydrogen-bond donors (Lipinski definition) is 4. The van der Waals surface area contributed by atoms with Crippen LogP contribution in [0.5, 0.6) is 0 Å². The Morgan fingerprint density at radius 1 is 0.870 bits per heavy atom. The Morgan fingerprint density at radius 3 is 1.61 bits per heavy atom. The summed E-state index contributed by atoms with van der Waals surface area (Å²) in [5.41, 5.74) is 0. The third-order valence-corrected chi connectivity index (χ3v) is 3.18. The number of carboxylic acid groups (broad SMARTS) is 2. The van der Waals surface area contributed by atoms with Gasteiger partial charge in [-0.15, -0.1) is 0 Å². The van der Waals surface area contributed by atoms with Gasteiger partial charge < -0.3 is 20.8 Å². The zero-order valence-electron chi connectivity index (χ0n) is 12.8. The number of aliphatic carboxylic acids is 2. The van der Waals surface area contributed by atoms with Gasteiger partial charge in [-0.2, -0.15) is 0 Å². The minimum absolute atomic E-state index is 0.0887. The minimum Gasteiger partial charge on any atom is -0.480 e. The normalized spacial score (nSPS) is 19.7. The minimum atomic E-state index is -1.08. The van der Waals surface area contributed by atoms with Crippen molar-refractivity contribution in [2.24, 2.45) is 0 Å². The van der Waals surface area contributed by atoms with E-state index in [2.05, 4.69) is 10.6 Å². The highest BCUT2D eigenvalue weighted by Crippen LogP contribution is 1.95. The second-order valence-corrected chi connectivity index (χ2v) is 5.26. The number of nitrogens with one attached hydrogen (secondary N) is 2. The molecule has 0 spiro atoms. The number of carboxylic acids is 2. The van der Waals surface area contributed by atoms with Crippen molar-refractivity contribution in [1.29, 1.82) is 0 Å². The molecule has 0 aromatic carbocycles. The average Bonchev–Trinajstić information content (AvgIpc) is 2.43. The first-order valence-corrected chi connectivity index (χ1v) is 7.28. The molecule has 10 nitrogen and oxygen atoms in total. The van der Waals surface area contributed by atoms with Gasteiger partial charge in [-0.25, -0.2) is 0 Å². The van der Waals surface area contributed by atoms with Gasteiger partial charge in [-0.1, -0.05) is 0 Å². The highest BCUT2D eigenvalue weighted by Gasteiger charge is 2.19. The first kappa shape index (κ1) is 18.8. The third kappa shape index (κ3) is 8.73. The van der Waals surface area contributed by atoms with Crippen LogP contribution in [0.3, 0.4) is 0 Å². The van der Waals surface area contributed by atoms with Gasteiger partial charge in [0.05, 0.1) is 26.2 Å². The van der Waals surface area contributed by atoms with Crippen LogP contribution in [-0.4, -0.2) is 96.1 Å². The molecule has 0 aromatic rings. The second-order valence-electron chi connectivity index (χ2n) is 5.26. The Kier molecular flexibility index (Phi) is 7.98. The third-order valence-electron chi connectivity index (χ3n) is 3.18. The summed E-state index contributed by atoms with van der Waals surface area (Å²) in [6.07, 6.45) is 0.537. The van der Waals surface area contributed by atoms with Crippen LogP contribution in [0.2, 0.25) is 0 Å². The molecule has 0 unspecified atom stereocenters. The summed E-state index contributed by atoms with van der Waals surface area (Å²) >= 11 is 0. The average molecular weight is 330 g/mol. The van der Waals surface area contributed by atoms with Crippen LogP contribution in [0.4, 0.5) is 0 Å². The Morgan fingerprint density at radius 2 is 1.26 bits per heavy atom. The number of carbonyl (C=O) groups is 4. The fourth-order valence-electron chi connectivity index (χ4n) is 2.16. The monoisotopic (exact) mass is 330 g/mol. The van der Waals surface area contributed by atoms with Crippen LogP contribution < -0.4 is 10.6 Å².